The predicted octanol–water partition coefficient (Wildman–Crippen LogP) is 6.43. The summed E-state index contributed by atoms with van der Waals surface area (Å²) in [4.78, 5) is 18.5. The number of hydrogen-bond acceptors (Lipinski definition) is 4. The van der Waals surface area contributed by atoms with E-state index in [0.717, 1.165) is 38.4 Å². The third-order valence-corrected chi connectivity index (χ3v) is 8.04. The van der Waals surface area contributed by atoms with Gasteiger partial charge in [0.2, 0.25) is 0 Å². The number of halogens is 2. The van der Waals surface area contributed by atoms with E-state index in [0.29, 0.717) is 33.7 Å². The van der Waals surface area contributed by atoms with Gasteiger partial charge in [-0.15, -0.1) is 0 Å². The van der Waals surface area contributed by atoms with Gasteiger partial charge in [0.15, 0.2) is 0 Å². The van der Waals surface area contributed by atoms with Gasteiger partial charge in [-0.2, -0.15) is 0 Å². The zero-order valence-electron chi connectivity index (χ0n) is 19.4. The number of ether oxygens (including phenoxy) is 1. The molecule has 5 nitrogen and oxygen atoms in total. The van der Waals surface area contributed by atoms with E-state index in [1.165, 1.54) is 31.9 Å². The standard InChI is InChI=1S/C26H34ClFN2O3/c1-33-19-6-7-23-20(14-19)25(21(27)16-29-23)22(28)8-9-26(15-24(31)32)10-12-30(13-11-26)17-18-4-2-3-5-18/h6-7,14,16,18,22H,2-5,8-13,15,17H2,1H3,(H,31,32). The van der Waals surface area contributed by atoms with Crippen LogP contribution in [0.1, 0.15) is 69.5 Å². The highest BCUT2D eigenvalue weighted by Crippen LogP contribution is 2.44. The maximum Gasteiger partial charge on any atom is 0.303 e. The molecule has 1 aromatic carbocycles. The number of methoxy groups -OCH3 is 1. The van der Waals surface area contributed by atoms with Gasteiger partial charge >= 0.3 is 5.97 Å². The van der Waals surface area contributed by atoms with E-state index >= 15 is 4.39 Å². The second-order valence-corrected chi connectivity index (χ2v) is 10.3. The number of carboxylic acids is 1. The minimum absolute atomic E-state index is 0.0929. The number of carbonyl (C=O) groups is 1. The normalized spacial score (nSPS) is 20.2. The largest absolute Gasteiger partial charge is 0.497 e. The maximum absolute atomic E-state index is 15.7. The molecular weight excluding hydrogens is 443 g/mol. The number of fused-ring (bicyclic) bond motifs is 1. The van der Waals surface area contributed by atoms with Crippen molar-refractivity contribution < 1.29 is 19.0 Å². The number of aliphatic carboxylic acids is 1. The second-order valence-electron chi connectivity index (χ2n) is 9.93. The molecule has 1 saturated carbocycles. The highest BCUT2D eigenvalue weighted by molar-refractivity contribution is 6.32. The van der Waals surface area contributed by atoms with Gasteiger partial charge in [-0.1, -0.05) is 24.4 Å². The Balaban J connectivity index is 1.46. The van der Waals surface area contributed by atoms with Crippen molar-refractivity contribution in [2.24, 2.45) is 11.3 Å². The number of carboxylic acid groups (broad SMARTS) is 1. The average molecular weight is 477 g/mol. The number of benzene rings is 1. The molecule has 1 aromatic heterocycles. The fraction of sp³-hybridized carbons (Fsp3) is 0.615. The van der Waals surface area contributed by atoms with Crippen LogP contribution in [0.2, 0.25) is 5.02 Å². The lowest BCUT2D eigenvalue weighted by Gasteiger charge is -2.42. The van der Waals surface area contributed by atoms with Crippen molar-refractivity contribution in [2.75, 3.05) is 26.7 Å². The number of alkyl halides is 1. The molecule has 0 amide bonds. The predicted molar refractivity (Wildman–Crippen MR) is 129 cm³/mol. The average Bonchev–Trinajstić information content (AvgIpc) is 3.31. The molecule has 4 rings (SSSR count). The Hall–Kier alpha value is -1.92. The van der Waals surface area contributed by atoms with Crippen molar-refractivity contribution >= 4 is 28.5 Å². The smallest absolute Gasteiger partial charge is 0.303 e. The van der Waals surface area contributed by atoms with Crippen LogP contribution in [0.25, 0.3) is 10.9 Å². The highest BCUT2D eigenvalue weighted by Gasteiger charge is 2.38. The molecule has 33 heavy (non-hydrogen) atoms. The lowest BCUT2D eigenvalue weighted by atomic mass is 9.71. The summed E-state index contributed by atoms with van der Waals surface area (Å²) in [6.45, 7) is 2.92. The van der Waals surface area contributed by atoms with Crippen LogP contribution in [-0.2, 0) is 4.79 Å². The molecule has 0 bridgehead atoms. The molecule has 0 radical (unpaired) electrons. The minimum Gasteiger partial charge on any atom is -0.497 e. The molecule has 180 valence electrons. The molecular formula is C26H34ClFN2O3. The molecule has 1 saturated heterocycles. The molecule has 2 aromatic rings. The van der Waals surface area contributed by atoms with Gasteiger partial charge in [0.1, 0.15) is 11.9 Å². The van der Waals surface area contributed by atoms with Crippen LogP contribution in [0, 0.1) is 11.3 Å². The van der Waals surface area contributed by atoms with Crippen molar-refractivity contribution in [3.05, 3.63) is 35.0 Å². The molecule has 0 spiro atoms. The summed E-state index contributed by atoms with van der Waals surface area (Å²) < 4.78 is 21.0. The van der Waals surface area contributed by atoms with Crippen LogP contribution in [0.3, 0.4) is 0 Å². The topological polar surface area (TPSA) is 62.7 Å². The Morgan fingerprint density at radius 1 is 1.33 bits per heavy atom. The first kappa shape index (κ1) is 24.2. The first-order chi connectivity index (χ1) is 15.9. The van der Waals surface area contributed by atoms with E-state index in [1.807, 2.05) is 0 Å². The fourth-order valence-electron chi connectivity index (χ4n) is 5.79. The van der Waals surface area contributed by atoms with Crippen LogP contribution < -0.4 is 4.74 Å². The Kier molecular flexibility index (Phi) is 7.75. The first-order valence-electron chi connectivity index (χ1n) is 12.1. The van der Waals surface area contributed by atoms with Gasteiger partial charge in [-0.25, -0.2) is 4.39 Å². The maximum atomic E-state index is 15.7. The summed E-state index contributed by atoms with van der Waals surface area (Å²) in [7, 11) is 1.57. The lowest BCUT2D eigenvalue weighted by Crippen LogP contribution is -2.43. The van der Waals surface area contributed by atoms with E-state index in [2.05, 4.69) is 9.88 Å². The molecule has 1 aliphatic carbocycles. The molecule has 2 aliphatic rings. The van der Waals surface area contributed by atoms with Gasteiger partial charge in [-0.3, -0.25) is 9.78 Å². The fourth-order valence-corrected chi connectivity index (χ4v) is 6.06. The van der Waals surface area contributed by atoms with Gasteiger partial charge in [0.05, 0.1) is 24.1 Å². The number of pyridine rings is 1. The molecule has 1 unspecified atom stereocenters. The van der Waals surface area contributed by atoms with E-state index in [-0.39, 0.29) is 18.3 Å². The molecule has 7 heteroatoms. The van der Waals surface area contributed by atoms with Crippen molar-refractivity contribution in [1.82, 2.24) is 9.88 Å². The molecule has 2 heterocycles. The van der Waals surface area contributed by atoms with Gasteiger partial charge in [0, 0.05) is 23.7 Å². The van der Waals surface area contributed by atoms with E-state index in [4.69, 9.17) is 16.3 Å². The first-order valence-corrected chi connectivity index (χ1v) is 12.5. The van der Waals surface area contributed by atoms with E-state index < -0.39 is 12.1 Å². The second kappa shape index (κ2) is 10.6. The van der Waals surface area contributed by atoms with Crippen LogP contribution in [-0.4, -0.2) is 47.7 Å². The van der Waals surface area contributed by atoms with Crippen LogP contribution in [0.15, 0.2) is 24.4 Å². The van der Waals surface area contributed by atoms with Crippen molar-refractivity contribution in [2.45, 2.75) is 64.0 Å². The summed E-state index contributed by atoms with van der Waals surface area (Å²) in [5, 5.41) is 10.5. The Bertz CT molecular complexity index is 971. The zero-order chi connectivity index (χ0) is 23.4. The van der Waals surface area contributed by atoms with Gasteiger partial charge in [-0.05, 0) is 81.1 Å². The summed E-state index contributed by atoms with van der Waals surface area (Å²) >= 11 is 6.39. The minimum atomic E-state index is -1.29. The third kappa shape index (κ3) is 5.78. The van der Waals surface area contributed by atoms with Crippen LogP contribution in [0.4, 0.5) is 4.39 Å². The Morgan fingerprint density at radius 2 is 2.06 bits per heavy atom. The van der Waals surface area contributed by atoms with Crippen molar-refractivity contribution in [3.63, 3.8) is 0 Å². The number of aromatic nitrogens is 1. The Morgan fingerprint density at radius 3 is 2.73 bits per heavy atom. The summed E-state index contributed by atoms with van der Waals surface area (Å²) in [6, 6.07) is 5.36. The van der Waals surface area contributed by atoms with Crippen molar-refractivity contribution in [3.8, 4) is 5.75 Å². The number of nitrogens with zero attached hydrogens (tertiary/aromatic N) is 2. The van der Waals surface area contributed by atoms with E-state index in [9.17, 15) is 9.90 Å². The van der Waals surface area contributed by atoms with Crippen LogP contribution >= 0.6 is 11.6 Å². The van der Waals surface area contributed by atoms with Gasteiger partial charge in [0.25, 0.3) is 0 Å². The molecule has 1 aliphatic heterocycles. The number of likely N-dealkylation sites (tertiary alicyclic amines) is 1. The summed E-state index contributed by atoms with van der Waals surface area (Å²) in [6.07, 6.45) is 7.95. The number of piperidine rings is 1. The number of hydrogen-bond donors (Lipinski definition) is 1. The quantitative estimate of drug-likeness (QED) is 0.451. The van der Waals surface area contributed by atoms with Gasteiger partial charge < -0.3 is 14.7 Å². The summed E-state index contributed by atoms with van der Waals surface area (Å²) in [5.74, 6) is 0.607. The van der Waals surface area contributed by atoms with E-state index in [1.54, 1.807) is 25.3 Å². The van der Waals surface area contributed by atoms with Crippen molar-refractivity contribution in [1.29, 1.82) is 0 Å². The highest BCUT2D eigenvalue weighted by atomic mass is 35.5. The monoisotopic (exact) mass is 476 g/mol. The van der Waals surface area contributed by atoms with Crippen LogP contribution in [0.5, 0.6) is 5.75 Å². The summed E-state index contributed by atoms with van der Waals surface area (Å²) in [5.41, 5.74) is 0.720. The molecule has 1 atom stereocenters. The Labute approximate surface area is 200 Å². The third-order valence-electron chi connectivity index (χ3n) is 7.74. The lowest BCUT2D eigenvalue weighted by molar-refractivity contribution is -0.141. The SMILES string of the molecule is COc1ccc2ncc(Cl)c(C(F)CCC3(CC(=O)O)CCN(CC4CCCC4)CC3)c2c1. The zero-order valence-corrected chi connectivity index (χ0v) is 20.1. The molecule has 2 fully saturated rings. The molecule has 1 N–H and O–H groups in total. The number of rotatable bonds is 9.